The van der Waals surface area contributed by atoms with Gasteiger partial charge in [0.15, 0.2) is 0 Å². The molecule has 0 spiro atoms. The van der Waals surface area contributed by atoms with E-state index in [2.05, 4.69) is 21.2 Å². The van der Waals surface area contributed by atoms with Gasteiger partial charge in [-0.05, 0) is 55.8 Å². The molecule has 0 saturated heterocycles. The van der Waals surface area contributed by atoms with Gasteiger partial charge in [-0.25, -0.2) is 5.43 Å². The van der Waals surface area contributed by atoms with Crippen molar-refractivity contribution >= 4 is 35.3 Å². The van der Waals surface area contributed by atoms with Crippen molar-refractivity contribution in [2.75, 3.05) is 17.2 Å². The number of hydrogen-bond acceptors (Lipinski definition) is 5. The Bertz CT molecular complexity index is 1160. The summed E-state index contributed by atoms with van der Waals surface area (Å²) in [7, 11) is 0. The minimum atomic E-state index is -0.958. The van der Waals surface area contributed by atoms with Crippen molar-refractivity contribution in [1.29, 1.82) is 0 Å². The third kappa shape index (κ3) is 6.76. The Morgan fingerprint density at radius 1 is 0.879 bits per heavy atom. The highest BCUT2D eigenvalue weighted by atomic mass is 16.5. The summed E-state index contributed by atoms with van der Waals surface area (Å²) in [6.45, 7) is 4.39. The highest BCUT2D eigenvalue weighted by Gasteiger charge is 2.17. The highest BCUT2D eigenvalue weighted by Crippen LogP contribution is 2.19. The number of carbonyl (C=O) groups is 3. The van der Waals surface area contributed by atoms with E-state index in [0.717, 1.165) is 11.1 Å². The van der Waals surface area contributed by atoms with Crippen LogP contribution in [0.1, 0.15) is 28.4 Å². The zero-order chi connectivity index (χ0) is 23.6. The molecule has 0 radical (unpaired) electrons. The first-order chi connectivity index (χ1) is 16.0. The minimum Gasteiger partial charge on any atom is -0.494 e. The summed E-state index contributed by atoms with van der Waals surface area (Å²) < 4.78 is 5.39. The number of hydrazone groups is 1. The fraction of sp³-hybridized carbons (Fsp3) is 0.120. The molecule has 0 saturated carbocycles. The second kappa shape index (κ2) is 11.2. The fourth-order valence-corrected chi connectivity index (χ4v) is 2.84. The first-order valence-electron chi connectivity index (χ1n) is 10.3. The summed E-state index contributed by atoms with van der Waals surface area (Å²) in [6, 6.07) is 20.8. The molecule has 0 aliphatic carbocycles. The third-order valence-corrected chi connectivity index (χ3v) is 4.51. The molecule has 3 aromatic carbocycles. The van der Waals surface area contributed by atoms with E-state index in [1.165, 1.54) is 12.3 Å². The minimum absolute atomic E-state index is 0.198. The summed E-state index contributed by atoms with van der Waals surface area (Å²) in [5.41, 5.74) is 5.01. The Balaban J connectivity index is 1.61. The number of hydrogen-bond donors (Lipinski definition) is 3. The van der Waals surface area contributed by atoms with Gasteiger partial charge in [0, 0.05) is 5.69 Å². The van der Waals surface area contributed by atoms with Crippen LogP contribution in [0.5, 0.6) is 5.75 Å². The van der Waals surface area contributed by atoms with Gasteiger partial charge < -0.3 is 15.4 Å². The van der Waals surface area contributed by atoms with E-state index in [4.69, 9.17) is 4.74 Å². The SMILES string of the molecule is CCOc1ccc(NC(=O)c2ccccc2NC(=O)C(=O)N/N=C/c2ccc(C)cc2)cc1. The van der Waals surface area contributed by atoms with Crippen LogP contribution in [0.3, 0.4) is 0 Å². The van der Waals surface area contributed by atoms with Gasteiger partial charge >= 0.3 is 11.8 Å². The molecule has 3 amide bonds. The van der Waals surface area contributed by atoms with Crippen molar-refractivity contribution in [3.63, 3.8) is 0 Å². The van der Waals surface area contributed by atoms with Gasteiger partial charge in [-0.2, -0.15) is 5.10 Å². The summed E-state index contributed by atoms with van der Waals surface area (Å²) in [6.07, 6.45) is 1.43. The van der Waals surface area contributed by atoms with E-state index in [1.807, 2.05) is 38.1 Å². The maximum atomic E-state index is 12.7. The Morgan fingerprint density at radius 3 is 2.27 bits per heavy atom. The Kier molecular flexibility index (Phi) is 7.91. The van der Waals surface area contributed by atoms with Gasteiger partial charge in [-0.15, -0.1) is 0 Å². The molecular weight excluding hydrogens is 420 g/mol. The molecule has 0 fully saturated rings. The van der Waals surface area contributed by atoms with Crippen molar-refractivity contribution in [2.24, 2.45) is 5.10 Å². The van der Waals surface area contributed by atoms with Crippen LogP contribution in [-0.4, -0.2) is 30.5 Å². The summed E-state index contributed by atoms with van der Waals surface area (Å²) >= 11 is 0. The first-order valence-corrected chi connectivity index (χ1v) is 10.3. The number of amides is 3. The molecule has 168 valence electrons. The number of benzene rings is 3. The second-order valence-corrected chi connectivity index (χ2v) is 7.02. The molecule has 8 nitrogen and oxygen atoms in total. The molecule has 33 heavy (non-hydrogen) atoms. The molecule has 0 aromatic heterocycles. The van der Waals surface area contributed by atoms with Gasteiger partial charge in [0.25, 0.3) is 5.91 Å². The van der Waals surface area contributed by atoms with Crippen molar-refractivity contribution in [3.8, 4) is 5.75 Å². The molecule has 3 N–H and O–H groups in total. The van der Waals surface area contributed by atoms with Crippen LogP contribution in [0.25, 0.3) is 0 Å². The summed E-state index contributed by atoms with van der Waals surface area (Å²) in [4.78, 5) is 37.1. The van der Waals surface area contributed by atoms with E-state index in [1.54, 1.807) is 42.5 Å². The number of carbonyl (C=O) groups excluding carboxylic acids is 3. The average molecular weight is 444 g/mol. The van der Waals surface area contributed by atoms with E-state index in [-0.39, 0.29) is 11.3 Å². The van der Waals surface area contributed by atoms with Crippen LogP contribution in [0, 0.1) is 6.92 Å². The number of rotatable bonds is 7. The zero-order valence-corrected chi connectivity index (χ0v) is 18.3. The van der Waals surface area contributed by atoms with Crippen LogP contribution in [-0.2, 0) is 9.59 Å². The number of nitrogens with zero attached hydrogens (tertiary/aromatic N) is 1. The number of para-hydroxylation sites is 1. The summed E-state index contributed by atoms with van der Waals surface area (Å²) in [5, 5.41) is 9.00. The van der Waals surface area contributed by atoms with Crippen LogP contribution < -0.4 is 20.8 Å². The van der Waals surface area contributed by atoms with Gasteiger partial charge in [0.05, 0.1) is 24.1 Å². The van der Waals surface area contributed by atoms with Gasteiger partial charge in [0.1, 0.15) is 5.75 Å². The zero-order valence-electron chi connectivity index (χ0n) is 18.3. The lowest BCUT2D eigenvalue weighted by molar-refractivity contribution is -0.136. The maximum Gasteiger partial charge on any atom is 0.329 e. The normalized spacial score (nSPS) is 10.5. The van der Waals surface area contributed by atoms with Crippen LogP contribution >= 0.6 is 0 Å². The first kappa shape index (κ1) is 23.2. The monoisotopic (exact) mass is 444 g/mol. The lowest BCUT2D eigenvalue weighted by atomic mass is 10.1. The van der Waals surface area contributed by atoms with Crippen molar-refractivity contribution in [3.05, 3.63) is 89.5 Å². The number of nitrogens with one attached hydrogen (secondary N) is 3. The van der Waals surface area contributed by atoms with Gasteiger partial charge in [-0.3, -0.25) is 14.4 Å². The molecule has 3 aromatic rings. The molecule has 0 bridgehead atoms. The van der Waals surface area contributed by atoms with Crippen LogP contribution in [0.15, 0.2) is 77.9 Å². The number of aryl methyl sites for hydroxylation is 1. The Morgan fingerprint density at radius 2 is 1.58 bits per heavy atom. The summed E-state index contributed by atoms with van der Waals surface area (Å²) in [5.74, 6) is -1.65. The molecule has 8 heteroatoms. The quantitative estimate of drug-likeness (QED) is 0.293. The fourth-order valence-electron chi connectivity index (χ4n) is 2.84. The number of ether oxygens (including phenoxy) is 1. The lowest BCUT2D eigenvalue weighted by Crippen LogP contribution is -2.33. The topological polar surface area (TPSA) is 109 Å². The highest BCUT2D eigenvalue weighted by molar-refractivity contribution is 6.40. The van der Waals surface area contributed by atoms with E-state index < -0.39 is 17.7 Å². The van der Waals surface area contributed by atoms with Gasteiger partial charge in [-0.1, -0.05) is 42.0 Å². The molecule has 3 rings (SSSR count). The molecular formula is C25H24N4O4. The van der Waals surface area contributed by atoms with Crippen molar-refractivity contribution in [2.45, 2.75) is 13.8 Å². The predicted octanol–water partition coefficient (Wildman–Crippen LogP) is 3.73. The molecule has 0 aliphatic rings. The van der Waals surface area contributed by atoms with E-state index in [9.17, 15) is 14.4 Å². The van der Waals surface area contributed by atoms with Gasteiger partial charge in [0.2, 0.25) is 0 Å². The average Bonchev–Trinajstić information content (AvgIpc) is 2.82. The molecule has 0 heterocycles. The van der Waals surface area contributed by atoms with Crippen LogP contribution in [0.4, 0.5) is 11.4 Å². The lowest BCUT2D eigenvalue weighted by Gasteiger charge is -2.11. The standard InChI is InChI=1S/C25H24N4O4/c1-3-33-20-14-12-19(13-15-20)27-23(30)21-6-4-5-7-22(21)28-24(31)25(32)29-26-16-18-10-8-17(2)9-11-18/h4-16H,3H2,1-2H3,(H,27,30)(H,28,31)(H,29,32)/b26-16+. The Labute approximate surface area is 191 Å². The third-order valence-electron chi connectivity index (χ3n) is 4.51. The molecule has 0 unspecified atom stereocenters. The van der Waals surface area contributed by atoms with Crippen LogP contribution in [0.2, 0.25) is 0 Å². The Hall–Kier alpha value is -4.46. The predicted molar refractivity (Wildman–Crippen MR) is 128 cm³/mol. The molecule has 0 atom stereocenters. The smallest absolute Gasteiger partial charge is 0.329 e. The molecule has 0 aliphatic heterocycles. The largest absolute Gasteiger partial charge is 0.494 e. The van der Waals surface area contributed by atoms with Crippen molar-refractivity contribution in [1.82, 2.24) is 5.43 Å². The number of anilines is 2. The second-order valence-electron chi connectivity index (χ2n) is 7.02. The van der Waals surface area contributed by atoms with E-state index in [0.29, 0.717) is 18.0 Å². The van der Waals surface area contributed by atoms with E-state index >= 15 is 0 Å². The van der Waals surface area contributed by atoms with Crippen molar-refractivity contribution < 1.29 is 19.1 Å². The maximum absolute atomic E-state index is 12.7.